The summed E-state index contributed by atoms with van der Waals surface area (Å²) in [5, 5.41) is 19.2. The van der Waals surface area contributed by atoms with Crippen LogP contribution in [0.3, 0.4) is 0 Å². The molecule has 0 atom stereocenters. The van der Waals surface area contributed by atoms with Crippen molar-refractivity contribution in [2.24, 2.45) is 0 Å². The van der Waals surface area contributed by atoms with Crippen LogP contribution in [0.2, 0.25) is 0 Å². The molecule has 2 aromatic rings. The van der Waals surface area contributed by atoms with E-state index in [1.165, 1.54) is 10.8 Å². The van der Waals surface area contributed by atoms with Crippen molar-refractivity contribution in [1.82, 2.24) is 0 Å². The summed E-state index contributed by atoms with van der Waals surface area (Å²) in [6.45, 7) is 0. The number of hydrogen-bond acceptors (Lipinski definition) is 2. The summed E-state index contributed by atoms with van der Waals surface area (Å²) in [7, 11) is 1.50. The van der Waals surface area contributed by atoms with Crippen molar-refractivity contribution in [3.63, 3.8) is 0 Å². The van der Waals surface area contributed by atoms with Crippen molar-refractivity contribution in [2.45, 2.75) is 0 Å². The van der Waals surface area contributed by atoms with Gasteiger partial charge in [0.05, 0.1) is 0 Å². The maximum absolute atomic E-state index is 8.25. The van der Waals surface area contributed by atoms with Gasteiger partial charge in [0.2, 0.25) is 0 Å². The molecule has 2 rings (SSSR count). The smallest absolute Gasteiger partial charge is 0.857 e. The summed E-state index contributed by atoms with van der Waals surface area (Å²) in [6, 6.07) is 14.7. The molecule has 14 heavy (non-hydrogen) atoms. The zero-order valence-electron chi connectivity index (χ0n) is 8.36. The minimum Gasteiger partial charge on any atom is -0.857 e. The van der Waals surface area contributed by atoms with Crippen LogP contribution in [0.4, 0.5) is 0 Å². The predicted molar refractivity (Wildman–Crippen MR) is 51.4 cm³/mol. The molecule has 1 radical (unpaired) electrons. The van der Waals surface area contributed by atoms with E-state index in [-0.39, 0.29) is 26.2 Å². The Morgan fingerprint density at radius 2 is 1.50 bits per heavy atom. The van der Waals surface area contributed by atoms with Crippen LogP contribution < -0.4 is 10.2 Å². The third kappa shape index (κ3) is 4.75. The van der Waals surface area contributed by atoms with E-state index in [9.17, 15) is 0 Å². The third-order valence-electron chi connectivity index (χ3n) is 1.55. The minimum absolute atomic E-state index is 0. The molecule has 0 aliphatic heterocycles. The van der Waals surface area contributed by atoms with Gasteiger partial charge < -0.3 is 10.2 Å². The van der Waals surface area contributed by atoms with Gasteiger partial charge in [-0.05, 0) is 0 Å². The fourth-order valence-corrected chi connectivity index (χ4v) is 1.07. The third-order valence-corrected chi connectivity index (χ3v) is 1.55. The summed E-state index contributed by atoms with van der Waals surface area (Å²) in [4.78, 5) is 0. The predicted octanol–water partition coefficient (Wildman–Crippen LogP) is 0.509. The van der Waals surface area contributed by atoms with Gasteiger partial charge in [0.1, 0.15) is 0 Å². The van der Waals surface area contributed by atoms with E-state index >= 15 is 0 Å². The minimum atomic E-state index is 0. The topological polar surface area (TPSA) is 46.1 Å². The van der Waals surface area contributed by atoms with Gasteiger partial charge in [0.15, 0.2) is 0 Å². The molecule has 0 aromatic heterocycles. The molecule has 0 N–H and O–H groups in total. The molecule has 0 saturated carbocycles. The first kappa shape index (κ1) is 16.1. The summed E-state index contributed by atoms with van der Waals surface area (Å²) in [5.41, 5.74) is 0. The first-order valence-corrected chi connectivity index (χ1v) is 3.89. The van der Waals surface area contributed by atoms with Crippen LogP contribution >= 0.6 is 0 Å². The average molecular weight is 268 g/mol. The number of rotatable bonds is 0. The van der Waals surface area contributed by atoms with Gasteiger partial charge in [-0.2, -0.15) is 31.7 Å². The van der Waals surface area contributed by atoms with E-state index in [2.05, 4.69) is 42.5 Å². The van der Waals surface area contributed by atoms with E-state index < -0.39 is 0 Å². The summed E-state index contributed by atoms with van der Waals surface area (Å²) in [6.07, 6.45) is 0. The molecule has 0 aliphatic rings. The molecule has 0 fully saturated rings. The van der Waals surface area contributed by atoms with Crippen LogP contribution in [-0.4, -0.2) is 14.2 Å². The Morgan fingerprint density at radius 3 is 2.07 bits per heavy atom. The second-order valence-corrected chi connectivity index (χ2v) is 2.15. The van der Waals surface area contributed by atoms with Crippen molar-refractivity contribution >= 4 is 10.8 Å². The number of fused-ring (bicyclic) bond motifs is 1. The molecule has 2 nitrogen and oxygen atoms in total. The first-order valence-electron chi connectivity index (χ1n) is 3.89. The molecule has 0 saturated heterocycles. The van der Waals surface area contributed by atoms with Crippen LogP contribution in [0.15, 0.2) is 42.5 Å². The monoisotopic (exact) mass is 267 g/mol. The Bertz CT molecular complexity index is 287. The second kappa shape index (κ2) is 10.7. The Balaban J connectivity index is 0. The molecular weight excluding hydrogens is 255 g/mol. The van der Waals surface area contributed by atoms with E-state index in [4.69, 9.17) is 10.2 Å². The van der Waals surface area contributed by atoms with Gasteiger partial charge >= 0.3 is 26.2 Å². The number of benzene rings is 1. The standard InChI is InChI=1S/C9H7.2CH3O.Zr/c1-2-5-9-7-3-6-8(9)4-1;2*1-2;/h1-7H;2*1H3;/q3*-1;+3. The van der Waals surface area contributed by atoms with Gasteiger partial charge in [-0.3, -0.25) is 0 Å². The molecule has 0 aliphatic carbocycles. The van der Waals surface area contributed by atoms with Crippen molar-refractivity contribution in [3.8, 4) is 0 Å². The van der Waals surface area contributed by atoms with Gasteiger partial charge in [0.25, 0.3) is 0 Å². The van der Waals surface area contributed by atoms with Crippen LogP contribution in [0.5, 0.6) is 0 Å². The quantitative estimate of drug-likeness (QED) is 0.654. The maximum Gasteiger partial charge on any atom is 3.00 e. The molecule has 0 bridgehead atoms. The molecule has 73 valence electrons. The second-order valence-electron chi connectivity index (χ2n) is 2.15. The van der Waals surface area contributed by atoms with Crippen LogP contribution in [0, 0.1) is 0 Å². The average Bonchev–Trinajstić information content (AvgIpc) is 2.71. The van der Waals surface area contributed by atoms with E-state index in [0.29, 0.717) is 0 Å². The first-order chi connectivity index (χ1) is 6.47. The SMILES string of the molecule is C[O-].C[O-].[Zr+3].c1ccc2[cH-]ccc2c1. The Kier molecular flexibility index (Phi) is 12.3. The largest absolute Gasteiger partial charge is 3.00 e. The van der Waals surface area contributed by atoms with Crippen LogP contribution in [-0.2, 0) is 26.2 Å². The van der Waals surface area contributed by atoms with Gasteiger partial charge in [-0.25, -0.2) is 0 Å². The molecule has 3 heteroatoms. The summed E-state index contributed by atoms with van der Waals surface area (Å²) in [5.74, 6) is 0. The van der Waals surface area contributed by atoms with Crippen molar-refractivity contribution < 1.29 is 36.4 Å². The van der Waals surface area contributed by atoms with Crippen molar-refractivity contribution in [1.29, 1.82) is 0 Å². The number of hydrogen-bond donors (Lipinski definition) is 0. The zero-order valence-corrected chi connectivity index (χ0v) is 10.8. The van der Waals surface area contributed by atoms with Crippen LogP contribution in [0.1, 0.15) is 0 Å². The maximum atomic E-state index is 8.25. The van der Waals surface area contributed by atoms with E-state index in [1.807, 2.05) is 0 Å². The molecule has 0 spiro atoms. The Labute approximate surface area is 104 Å². The molecule has 0 unspecified atom stereocenters. The molecule has 0 amide bonds. The van der Waals surface area contributed by atoms with Gasteiger partial charge in [0, 0.05) is 0 Å². The fourth-order valence-electron chi connectivity index (χ4n) is 1.07. The molecular formula is C11H13O2Zr. The summed E-state index contributed by atoms with van der Waals surface area (Å²) < 4.78 is 0. The van der Waals surface area contributed by atoms with Gasteiger partial charge in [-0.15, -0.1) is 29.7 Å². The van der Waals surface area contributed by atoms with Crippen molar-refractivity contribution in [2.75, 3.05) is 14.2 Å². The summed E-state index contributed by atoms with van der Waals surface area (Å²) >= 11 is 0. The normalized spacial score (nSPS) is 7.43. The fraction of sp³-hybridized carbons (Fsp3) is 0.182. The molecule has 2 aromatic carbocycles. The van der Waals surface area contributed by atoms with E-state index in [1.54, 1.807) is 0 Å². The Hall–Kier alpha value is -0.367. The van der Waals surface area contributed by atoms with E-state index in [0.717, 1.165) is 14.2 Å². The van der Waals surface area contributed by atoms with Crippen molar-refractivity contribution in [3.05, 3.63) is 42.5 Å². The zero-order chi connectivity index (χ0) is 10.1. The van der Waals surface area contributed by atoms with Gasteiger partial charge in [-0.1, -0.05) is 6.07 Å². The Morgan fingerprint density at radius 1 is 0.929 bits per heavy atom. The van der Waals surface area contributed by atoms with Crippen LogP contribution in [0.25, 0.3) is 10.8 Å². The molecule has 0 heterocycles.